The third-order valence-corrected chi connectivity index (χ3v) is 3.44. The molecule has 0 aromatic carbocycles. The highest BCUT2D eigenvalue weighted by Crippen LogP contribution is 2.20. The Balaban J connectivity index is 2.88. The quantitative estimate of drug-likeness (QED) is 0.639. The maximum absolute atomic E-state index is 12.7. The maximum Gasteiger partial charge on any atom is 0.408 e. The van der Waals surface area contributed by atoms with Gasteiger partial charge >= 0.3 is 12.1 Å². The zero-order valence-electron chi connectivity index (χ0n) is 14.5. The number of carbonyl (C=O) groups is 3. The van der Waals surface area contributed by atoms with Crippen LogP contribution in [0.15, 0.2) is 12.2 Å². The molecular formula is C16H26N2O6. The summed E-state index contributed by atoms with van der Waals surface area (Å²) >= 11 is 0. The highest BCUT2D eigenvalue weighted by Gasteiger charge is 2.41. The van der Waals surface area contributed by atoms with E-state index in [2.05, 4.69) is 5.32 Å². The van der Waals surface area contributed by atoms with Crippen LogP contribution in [0.4, 0.5) is 4.79 Å². The fourth-order valence-corrected chi connectivity index (χ4v) is 2.44. The molecule has 1 fully saturated rings. The molecule has 8 heteroatoms. The second-order valence-corrected chi connectivity index (χ2v) is 6.74. The number of nitrogens with one attached hydrogen (secondary N) is 1. The topological polar surface area (TPSA) is 116 Å². The maximum atomic E-state index is 12.7. The smallest absolute Gasteiger partial charge is 0.408 e. The van der Waals surface area contributed by atoms with E-state index in [1.54, 1.807) is 39.8 Å². The van der Waals surface area contributed by atoms with E-state index in [1.807, 2.05) is 0 Å². The van der Waals surface area contributed by atoms with Gasteiger partial charge in [-0.2, -0.15) is 0 Å². The average Bonchev–Trinajstić information content (AvgIpc) is 2.83. The molecule has 1 aliphatic heterocycles. The van der Waals surface area contributed by atoms with E-state index in [1.165, 1.54) is 0 Å². The van der Waals surface area contributed by atoms with Crippen molar-refractivity contribution in [3.63, 3.8) is 0 Å². The predicted molar refractivity (Wildman–Crippen MR) is 86.3 cm³/mol. The molecule has 3 atom stereocenters. The second-order valence-electron chi connectivity index (χ2n) is 6.74. The number of alkyl carbamates (subject to hydrolysis) is 1. The van der Waals surface area contributed by atoms with Crippen LogP contribution in [0.25, 0.3) is 0 Å². The van der Waals surface area contributed by atoms with Gasteiger partial charge in [-0.05, 0) is 34.1 Å². The predicted octanol–water partition coefficient (Wildman–Crippen LogP) is 0.892. The minimum absolute atomic E-state index is 0.0240. The Morgan fingerprint density at radius 1 is 1.38 bits per heavy atom. The van der Waals surface area contributed by atoms with Gasteiger partial charge in [-0.3, -0.25) is 4.79 Å². The number of ether oxygens (including phenoxy) is 1. The summed E-state index contributed by atoms with van der Waals surface area (Å²) in [6.07, 6.45) is 1.96. The van der Waals surface area contributed by atoms with Crippen LogP contribution in [-0.4, -0.2) is 63.4 Å². The molecule has 8 nitrogen and oxygen atoms in total. The summed E-state index contributed by atoms with van der Waals surface area (Å²) in [6, 6.07) is -2.05. The van der Waals surface area contributed by atoms with Crippen LogP contribution < -0.4 is 5.32 Å². The van der Waals surface area contributed by atoms with E-state index in [0.29, 0.717) is 0 Å². The second kappa shape index (κ2) is 8.14. The molecule has 0 aliphatic carbocycles. The van der Waals surface area contributed by atoms with Gasteiger partial charge in [0.25, 0.3) is 0 Å². The number of nitrogens with zero attached hydrogens (tertiary/aromatic N) is 1. The Kier molecular flexibility index (Phi) is 6.77. The summed E-state index contributed by atoms with van der Waals surface area (Å²) in [5.74, 6) is -1.73. The summed E-state index contributed by atoms with van der Waals surface area (Å²) in [7, 11) is 0. The molecule has 3 N–H and O–H groups in total. The zero-order chi connectivity index (χ0) is 18.5. The van der Waals surface area contributed by atoms with Gasteiger partial charge in [0.2, 0.25) is 5.91 Å². The van der Waals surface area contributed by atoms with E-state index < -0.39 is 41.8 Å². The minimum Gasteiger partial charge on any atom is -0.480 e. The lowest BCUT2D eigenvalue weighted by atomic mass is 10.1. The highest BCUT2D eigenvalue weighted by molar-refractivity contribution is 5.90. The zero-order valence-corrected chi connectivity index (χ0v) is 14.5. The summed E-state index contributed by atoms with van der Waals surface area (Å²) in [4.78, 5) is 37.0. The van der Waals surface area contributed by atoms with Crippen molar-refractivity contribution >= 4 is 18.0 Å². The van der Waals surface area contributed by atoms with Crippen molar-refractivity contribution in [1.82, 2.24) is 10.2 Å². The molecule has 1 saturated heterocycles. The summed E-state index contributed by atoms with van der Waals surface area (Å²) in [5.41, 5.74) is -0.717. The largest absolute Gasteiger partial charge is 0.480 e. The third kappa shape index (κ3) is 5.84. The van der Waals surface area contributed by atoms with E-state index in [4.69, 9.17) is 4.74 Å². The van der Waals surface area contributed by atoms with Gasteiger partial charge in [0, 0.05) is 13.0 Å². The van der Waals surface area contributed by atoms with Crippen LogP contribution in [0.1, 0.15) is 40.5 Å². The Labute approximate surface area is 141 Å². The molecule has 0 spiro atoms. The summed E-state index contributed by atoms with van der Waals surface area (Å²) in [6.45, 7) is 6.80. The van der Waals surface area contributed by atoms with Gasteiger partial charge in [0.05, 0.1) is 6.10 Å². The first-order valence-corrected chi connectivity index (χ1v) is 7.87. The number of carboxylic acids is 1. The number of aliphatic carboxylic acids is 1. The highest BCUT2D eigenvalue weighted by atomic mass is 16.6. The van der Waals surface area contributed by atoms with Gasteiger partial charge in [0.15, 0.2) is 0 Å². The number of amides is 2. The van der Waals surface area contributed by atoms with Crippen LogP contribution in [0.3, 0.4) is 0 Å². The molecule has 0 bridgehead atoms. The molecule has 1 rings (SSSR count). The van der Waals surface area contributed by atoms with Gasteiger partial charge in [-0.25, -0.2) is 9.59 Å². The Hall–Kier alpha value is -2.09. The van der Waals surface area contributed by atoms with Crippen LogP contribution >= 0.6 is 0 Å². The lowest BCUT2D eigenvalue weighted by Gasteiger charge is -2.27. The molecule has 0 aromatic heterocycles. The van der Waals surface area contributed by atoms with E-state index in [9.17, 15) is 24.6 Å². The van der Waals surface area contributed by atoms with Gasteiger partial charge < -0.3 is 25.2 Å². The van der Waals surface area contributed by atoms with Gasteiger partial charge in [-0.1, -0.05) is 12.2 Å². The molecule has 0 radical (unpaired) electrons. The lowest BCUT2D eigenvalue weighted by Crippen LogP contribution is -2.52. The molecule has 136 valence electrons. The van der Waals surface area contributed by atoms with Crippen molar-refractivity contribution < 1.29 is 29.3 Å². The monoisotopic (exact) mass is 342 g/mol. The Morgan fingerprint density at radius 2 is 2.00 bits per heavy atom. The molecule has 0 aromatic rings. The van der Waals surface area contributed by atoms with Crippen molar-refractivity contribution in [3.05, 3.63) is 12.2 Å². The number of likely N-dealkylation sites (tertiary alicyclic amines) is 1. The first-order valence-electron chi connectivity index (χ1n) is 7.87. The van der Waals surface area contributed by atoms with Crippen molar-refractivity contribution in [2.45, 2.75) is 64.3 Å². The average molecular weight is 342 g/mol. The number of carbonyl (C=O) groups excluding carboxylic acids is 2. The van der Waals surface area contributed by atoms with Crippen molar-refractivity contribution in [1.29, 1.82) is 0 Å². The van der Waals surface area contributed by atoms with Crippen molar-refractivity contribution in [3.8, 4) is 0 Å². The van der Waals surface area contributed by atoms with Gasteiger partial charge in [0.1, 0.15) is 17.7 Å². The van der Waals surface area contributed by atoms with Crippen LogP contribution in [0, 0.1) is 0 Å². The van der Waals surface area contributed by atoms with Crippen LogP contribution in [0.2, 0.25) is 0 Å². The molecule has 2 amide bonds. The third-order valence-electron chi connectivity index (χ3n) is 3.44. The normalized spacial score (nSPS) is 22.5. The molecule has 1 heterocycles. The number of aliphatic hydroxyl groups is 1. The Morgan fingerprint density at radius 3 is 2.50 bits per heavy atom. The number of β-amino-alcohol motifs (C(OH)–C–C–N with tert-alkyl or cyclic N) is 1. The minimum atomic E-state index is -1.18. The number of carboxylic acid groups (broad SMARTS) is 1. The van der Waals surface area contributed by atoms with E-state index >= 15 is 0 Å². The van der Waals surface area contributed by atoms with Crippen LogP contribution in [0.5, 0.6) is 0 Å². The summed E-state index contributed by atoms with van der Waals surface area (Å²) < 4.78 is 5.15. The fourth-order valence-electron chi connectivity index (χ4n) is 2.44. The molecule has 0 saturated carbocycles. The number of rotatable bonds is 5. The Bertz CT molecular complexity index is 511. The van der Waals surface area contributed by atoms with Gasteiger partial charge in [-0.15, -0.1) is 0 Å². The summed E-state index contributed by atoms with van der Waals surface area (Å²) in [5, 5.41) is 21.4. The SMILES string of the molecule is CC=CC[C@H](NC(=O)OC(C)(C)C)C(=O)N1CC(O)CC1C(=O)O. The molecule has 2 unspecified atom stereocenters. The number of aliphatic hydroxyl groups excluding tert-OH is 1. The van der Waals surface area contributed by atoms with E-state index in [-0.39, 0.29) is 19.4 Å². The first-order chi connectivity index (χ1) is 11.0. The van der Waals surface area contributed by atoms with Crippen molar-refractivity contribution in [2.75, 3.05) is 6.54 Å². The number of allylic oxidation sites excluding steroid dienone is 1. The molecule has 24 heavy (non-hydrogen) atoms. The lowest BCUT2D eigenvalue weighted by molar-refractivity contribution is -0.149. The molecule has 1 aliphatic rings. The number of hydrogen-bond acceptors (Lipinski definition) is 5. The first kappa shape index (κ1) is 20.0. The molecular weight excluding hydrogens is 316 g/mol. The van der Waals surface area contributed by atoms with E-state index in [0.717, 1.165) is 4.90 Å². The standard InChI is InChI=1S/C16H26N2O6/c1-5-6-7-11(17-15(23)24-16(2,3)4)13(20)18-9-10(19)8-12(18)14(21)22/h5-6,10-12,19H,7-9H2,1-4H3,(H,17,23)(H,21,22)/t10?,11-,12?/m0/s1. The fraction of sp³-hybridized carbons (Fsp3) is 0.688. The van der Waals surface area contributed by atoms with Crippen LogP contribution in [-0.2, 0) is 14.3 Å². The van der Waals surface area contributed by atoms with Crippen molar-refractivity contribution in [2.24, 2.45) is 0 Å². The number of hydrogen-bond donors (Lipinski definition) is 3.